The van der Waals surface area contributed by atoms with Crippen LogP contribution in [0.15, 0.2) is 0 Å². The molecule has 4 heteroatoms. The van der Waals surface area contributed by atoms with E-state index in [9.17, 15) is 4.79 Å². The molecule has 0 saturated carbocycles. The fourth-order valence-corrected chi connectivity index (χ4v) is 2.49. The second-order valence-corrected chi connectivity index (χ2v) is 5.28. The topological polar surface area (TPSA) is 50.4 Å². The number of nitrogens with one attached hydrogen (secondary N) is 2. The molecular weight excluding hydrogens is 204 g/mol. The molecule has 0 aliphatic carbocycles. The average molecular weight is 226 g/mol. The quantitative estimate of drug-likeness (QED) is 0.743. The van der Waals surface area contributed by atoms with Crippen molar-refractivity contribution in [3.05, 3.63) is 0 Å². The molecule has 0 spiro atoms. The standard InChI is InChI=1S/C12H22N2O2/c1-12(3-6-16-7-4-12)14-11(15)8-10-2-5-13-9-10/h10,13H,2-9H2,1H3,(H,14,15). The summed E-state index contributed by atoms with van der Waals surface area (Å²) in [5.74, 6) is 0.738. The molecule has 2 heterocycles. The van der Waals surface area contributed by atoms with Crippen LogP contribution in [0.5, 0.6) is 0 Å². The second-order valence-electron chi connectivity index (χ2n) is 5.28. The highest BCUT2D eigenvalue weighted by Gasteiger charge is 2.29. The van der Waals surface area contributed by atoms with Gasteiger partial charge in [0.1, 0.15) is 0 Å². The van der Waals surface area contributed by atoms with Crippen molar-refractivity contribution < 1.29 is 9.53 Å². The van der Waals surface area contributed by atoms with Crippen LogP contribution < -0.4 is 10.6 Å². The molecule has 1 amide bonds. The third-order valence-corrected chi connectivity index (χ3v) is 3.67. The van der Waals surface area contributed by atoms with E-state index in [0.717, 1.165) is 45.6 Å². The highest BCUT2D eigenvalue weighted by atomic mass is 16.5. The van der Waals surface area contributed by atoms with Crippen LogP contribution in [0.1, 0.15) is 32.6 Å². The summed E-state index contributed by atoms with van der Waals surface area (Å²) >= 11 is 0. The van der Waals surface area contributed by atoms with Gasteiger partial charge in [-0.3, -0.25) is 4.79 Å². The number of rotatable bonds is 3. The molecule has 0 aromatic carbocycles. The number of hydrogen-bond acceptors (Lipinski definition) is 3. The first-order chi connectivity index (χ1) is 7.68. The van der Waals surface area contributed by atoms with Crippen molar-refractivity contribution in [3.8, 4) is 0 Å². The van der Waals surface area contributed by atoms with Crippen LogP contribution >= 0.6 is 0 Å². The molecule has 16 heavy (non-hydrogen) atoms. The minimum atomic E-state index is -0.0403. The minimum absolute atomic E-state index is 0.0403. The van der Waals surface area contributed by atoms with E-state index in [4.69, 9.17) is 4.74 Å². The van der Waals surface area contributed by atoms with E-state index in [1.54, 1.807) is 0 Å². The SMILES string of the molecule is CC1(NC(=O)CC2CCNC2)CCOCC1. The molecule has 2 rings (SSSR count). The van der Waals surface area contributed by atoms with Gasteiger partial charge < -0.3 is 15.4 Å². The Morgan fingerprint density at radius 2 is 2.25 bits per heavy atom. The summed E-state index contributed by atoms with van der Waals surface area (Å²) in [7, 11) is 0. The van der Waals surface area contributed by atoms with Crippen molar-refractivity contribution in [3.63, 3.8) is 0 Å². The van der Waals surface area contributed by atoms with Gasteiger partial charge in [0, 0.05) is 25.2 Å². The monoisotopic (exact) mass is 226 g/mol. The van der Waals surface area contributed by atoms with E-state index in [1.807, 2.05) is 0 Å². The zero-order valence-corrected chi connectivity index (χ0v) is 10.1. The summed E-state index contributed by atoms with van der Waals surface area (Å²) in [5.41, 5.74) is -0.0403. The number of amides is 1. The first-order valence-electron chi connectivity index (χ1n) is 6.27. The van der Waals surface area contributed by atoms with E-state index in [-0.39, 0.29) is 11.4 Å². The van der Waals surface area contributed by atoms with Gasteiger partial charge in [0.15, 0.2) is 0 Å². The highest BCUT2D eigenvalue weighted by Crippen LogP contribution is 2.20. The summed E-state index contributed by atoms with van der Waals surface area (Å²) in [6, 6.07) is 0. The molecule has 2 aliphatic heterocycles. The lowest BCUT2D eigenvalue weighted by Gasteiger charge is -2.34. The molecule has 2 fully saturated rings. The molecule has 1 atom stereocenters. The van der Waals surface area contributed by atoms with Crippen LogP contribution in [0.4, 0.5) is 0 Å². The van der Waals surface area contributed by atoms with E-state index in [0.29, 0.717) is 12.3 Å². The van der Waals surface area contributed by atoms with Crippen molar-refractivity contribution in [2.45, 2.75) is 38.1 Å². The average Bonchev–Trinajstić information content (AvgIpc) is 2.70. The van der Waals surface area contributed by atoms with Gasteiger partial charge in [-0.05, 0) is 45.2 Å². The molecule has 92 valence electrons. The zero-order valence-electron chi connectivity index (χ0n) is 10.1. The Kier molecular flexibility index (Phi) is 3.82. The normalized spacial score (nSPS) is 28.9. The smallest absolute Gasteiger partial charge is 0.220 e. The first-order valence-corrected chi connectivity index (χ1v) is 6.27. The minimum Gasteiger partial charge on any atom is -0.381 e. The van der Waals surface area contributed by atoms with Gasteiger partial charge >= 0.3 is 0 Å². The lowest BCUT2D eigenvalue weighted by molar-refractivity contribution is -0.124. The van der Waals surface area contributed by atoms with E-state index >= 15 is 0 Å². The number of carbonyl (C=O) groups is 1. The number of ether oxygens (including phenoxy) is 1. The van der Waals surface area contributed by atoms with E-state index in [2.05, 4.69) is 17.6 Å². The predicted octanol–water partition coefficient (Wildman–Crippen LogP) is 0.671. The predicted molar refractivity (Wildman–Crippen MR) is 62.2 cm³/mol. The Morgan fingerprint density at radius 1 is 1.50 bits per heavy atom. The molecule has 0 radical (unpaired) electrons. The maximum Gasteiger partial charge on any atom is 0.220 e. The van der Waals surface area contributed by atoms with Crippen LogP contribution in [0.25, 0.3) is 0 Å². The fourth-order valence-electron chi connectivity index (χ4n) is 2.49. The second kappa shape index (κ2) is 5.15. The van der Waals surface area contributed by atoms with Crippen LogP contribution in [0, 0.1) is 5.92 Å². The Labute approximate surface area is 97.1 Å². The molecule has 0 aromatic rings. The van der Waals surface area contributed by atoms with Gasteiger partial charge in [0.05, 0.1) is 0 Å². The van der Waals surface area contributed by atoms with Gasteiger partial charge in [0.25, 0.3) is 0 Å². The van der Waals surface area contributed by atoms with Gasteiger partial charge in [-0.15, -0.1) is 0 Å². The van der Waals surface area contributed by atoms with Crippen molar-refractivity contribution in [1.29, 1.82) is 0 Å². The largest absolute Gasteiger partial charge is 0.381 e. The van der Waals surface area contributed by atoms with Crippen molar-refractivity contribution >= 4 is 5.91 Å². The van der Waals surface area contributed by atoms with E-state index < -0.39 is 0 Å². The maximum absolute atomic E-state index is 11.9. The lowest BCUT2D eigenvalue weighted by Crippen LogP contribution is -2.49. The van der Waals surface area contributed by atoms with Gasteiger partial charge in [-0.25, -0.2) is 0 Å². The van der Waals surface area contributed by atoms with Crippen LogP contribution in [-0.4, -0.2) is 37.7 Å². The van der Waals surface area contributed by atoms with Crippen LogP contribution in [0.2, 0.25) is 0 Å². The third-order valence-electron chi connectivity index (χ3n) is 3.67. The Bertz CT molecular complexity index is 243. The van der Waals surface area contributed by atoms with Gasteiger partial charge in [0.2, 0.25) is 5.91 Å². The summed E-state index contributed by atoms with van der Waals surface area (Å²) in [6.45, 7) is 5.71. The summed E-state index contributed by atoms with van der Waals surface area (Å²) in [6.07, 6.45) is 3.67. The Hall–Kier alpha value is -0.610. The Morgan fingerprint density at radius 3 is 2.88 bits per heavy atom. The lowest BCUT2D eigenvalue weighted by atomic mass is 9.92. The molecule has 0 bridgehead atoms. The molecule has 1 unspecified atom stereocenters. The summed E-state index contributed by atoms with van der Waals surface area (Å²) in [5, 5.41) is 6.47. The third kappa shape index (κ3) is 3.19. The van der Waals surface area contributed by atoms with Gasteiger partial charge in [-0.1, -0.05) is 0 Å². The van der Waals surface area contributed by atoms with E-state index in [1.165, 1.54) is 0 Å². The van der Waals surface area contributed by atoms with Crippen molar-refractivity contribution in [1.82, 2.24) is 10.6 Å². The molecule has 0 aromatic heterocycles. The molecule has 2 N–H and O–H groups in total. The molecule has 2 aliphatic rings. The molecule has 2 saturated heterocycles. The Balaban J connectivity index is 1.76. The fraction of sp³-hybridized carbons (Fsp3) is 0.917. The zero-order chi connectivity index (χ0) is 11.4. The molecular formula is C12H22N2O2. The van der Waals surface area contributed by atoms with Crippen molar-refractivity contribution in [2.24, 2.45) is 5.92 Å². The first kappa shape index (κ1) is 11.9. The summed E-state index contributed by atoms with van der Waals surface area (Å²) < 4.78 is 5.32. The van der Waals surface area contributed by atoms with Crippen LogP contribution in [0.3, 0.4) is 0 Å². The van der Waals surface area contributed by atoms with Crippen molar-refractivity contribution in [2.75, 3.05) is 26.3 Å². The maximum atomic E-state index is 11.9. The number of hydrogen-bond donors (Lipinski definition) is 2. The van der Waals surface area contributed by atoms with Gasteiger partial charge in [-0.2, -0.15) is 0 Å². The van der Waals surface area contributed by atoms with Crippen LogP contribution in [-0.2, 0) is 9.53 Å². The summed E-state index contributed by atoms with van der Waals surface area (Å²) in [4.78, 5) is 11.9. The highest BCUT2D eigenvalue weighted by molar-refractivity contribution is 5.77. The number of carbonyl (C=O) groups excluding carboxylic acids is 1. The molecule has 4 nitrogen and oxygen atoms in total.